The molecule has 1 aromatic carbocycles. The summed E-state index contributed by atoms with van der Waals surface area (Å²) >= 11 is 0. The first-order chi connectivity index (χ1) is 16.9. The molecule has 190 valence electrons. The minimum atomic E-state index is -4.46. The van der Waals surface area contributed by atoms with Gasteiger partial charge in [-0.05, 0) is 73.4 Å². The summed E-state index contributed by atoms with van der Waals surface area (Å²) in [7, 11) is 0. The first-order valence-electron chi connectivity index (χ1n) is 12.2. The van der Waals surface area contributed by atoms with Gasteiger partial charge < -0.3 is 4.90 Å². The Bertz CT molecular complexity index is 1230. The van der Waals surface area contributed by atoms with Crippen LogP contribution in [0.15, 0.2) is 48.7 Å². The molecule has 3 aromatic rings. The molecule has 0 bridgehead atoms. The minimum Gasteiger partial charge on any atom is -0.356 e. The Balaban J connectivity index is 0.00000304. The van der Waals surface area contributed by atoms with Crippen LogP contribution >= 0.6 is 12.4 Å². The van der Waals surface area contributed by atoms with Crippen molar-refractivity contribution in [2.24, 2.45) is 11.8 Å². The standard InChI is InChI=1S/C27H28F3N5.ClH/c28-27(29,30)25-7-6-23-24(33-25)8-11-32-26(23)35-12-9-20(10-13-35)17-34(16-19-4-5-19)18-22-3-1-2-21(14-22)15-31;/h1-3,6-8,11,14,19-20H,4-5,9-10,12-13,16-18H2;1H. The van der Waals surface area contributed by atoms with E-state index in [2.05, 4.69) is 31.9 Å². The molecule has 5 rings (SSSR count). The zero-order valence-corrected chi connectivity index (χ0v) is 20.7. The third-order valence-corrected chi connectivity index (χ3v) is 6.99. The van der Waals surface area contributed by atoms with Gasteiger partial charge in [-0.2, -0.15) is 18.4 Å². The first kappa shape index (κ1) is 26.2. The molecule has 1 saturated carbocycles. The molecule has 1 saturated heterocycles. The predicted octanol–water partition coefficient (Wildman–Crippen LogP) is 6.07. The van der Waals surface area contributed by atoms with Crippen LogP contribution in [0.2, 0.25) is 0 Å². The Hall–Kier alpha value is -2.89. The van der Waals surface area contributed by atoms with E-state index < -0.39 is 11.9 Å². The van der Waals surface area contributed by atoms with Gasteiger partial charge in [0.15, 0.2) is 0 Å². The van der Waals surface area contributed by atoms with Crippen LogP contribution < -0.4 is 4.90 Å². The second kappa shape index (κ2) is 11.0. The third kappa shape index (κ3) is 6.26. The molecule has 1 aliphatic carbocycles. The molecule has 1 aliphatic heterocycles. The van der Waals surface area contributed by atoms with E-state index in [-0.39, 0.29) is 12.4 Å². The molecule has 2 aliphatic rings. The Morgan fingerprint density at radius 2 is 1.72 bits per heavy atom. The Kier molecular flexibility index (Phi) is 8.01. The maximum Gasteiger partial charge on any atom is 0.433 e. The van der Waals surface area contributed by atoms with Crippen LogP contribution in [0.4, 0.5) is 19.0 Å². The Labute approximate surface area is 215 Å². The Morgan fingerprint density at radius 3 is 2.39 bits per heavy atom. The number of halogens is 4. The zero-order valence-electron chi connectivity index (χ0n) is 19.9. The van der Waals surface area contributed by atoms with Crippen molar-refractivity contribution in [3.8, 4) is 6.07 Å². The van der Waals surface area contributed by atoms with Crippen LogP contribution in [0.5, 0.6) is 0 Å². The quantitative estimate of drug-likeness (QED) is 0.382. The molecule has 0 N–H and O–H groups in total. The molecule has 9 heteroatoms. The van der Waals surface area contributed by atoms with Gasteiger partial charge in [-0.15, -0.1) is 12.4 Å². The van der Waals surface area contributed by atoms with E-state index in [4.69, 9.17) is 0 Å². The first-order valence-corrected chi connectivity index (χ1v) is 12.2. The molecule has 0 atom stereocenters. The van der Waals surface area contributed by atoms with Gasteiger partial charge in [-0.3, -0.25) is 4.90 Å². The average Bonchev–Trinajstić information content (AvgIpc) is 3.67. The van der Waals surface area contributed by atoms with Crippen molar-refractivity contribution < 1.29 is 13.2 Å². The SMILES string of the molecule is Cl.N#Cc1cccc(CN(CC2CC2)CC2CCN(c3nccc4nc(C(F)(F)F)ccc34)CC2)c1. The van der Waals surface area contributed by atoms with Crippen molar-refractivity contribution >= 4 is 29.1 Å². The monoisotopic (exact) mass is 515 g/mol. The molecule has 0 amide bonds. The summed E-state index contributed by atoms with van der Waals surface area (Å²) < 4.78 is 39.2. The van der Waals surface area contributed by atoms with Crippen molar-refractivity contribution in [1.29, 1.82) is 5.26 Å². The largest absolute Gasteiger partial charge is 0.433 e. The second-order valence-corrected chi connectivity index (χ2v) is 9.78. The van der Waals surface area contributed by atoms with Crippen LogP contribution in [0, 0.1) is 23.2 Å². The number of alkyl halides is 3. The number of rotatable bonds is 7. The second-order valence-electron chi connectivity index (χ2n) is 9.78. The number of nitriles is 1. The topological polar surface area (TPSA) is 56.1 Å². The van der Waals surface area contributed by atoms with E-state index in [1.807, 2.05) is 18.2 Å². The Morgan fingerprint density at radius 1 is 1.00 bits per heavy atom. The molecule has 0 unspecified atom stereocenters. The van der Waals surface area contributed by atoms with E-state index in [1.165, 1.54) is 30.5 Å². The minimum absolute atomic E-state index is 0. The van der Waals surface area contributed by atoms with Gasteiger partial charge in [0.05, 0.1) is 17.1 Å². The van der Waals surface area contributed by atoms with Crippen LogP contribution in [0.3, 0.4) is 0 Å². The maximum atomic E-state index is 13.1. The number of hydrogen-bond acceptors (Lipinski definition) is 5. The number of fused-ring (bicyclic) bond motifs is 1. The van der Waals surface area contributed by atoms with Gasteiger partial charge in [0.2, 0.25) is 0 Å². The van der Waals surface area contributed by atoms with Crippen molar-refractivity contribution in [1.82, 2.24) is 14.9 Å². The molecule has 36 heavy (non-hydrogen) atoms. The highest BCUT2D eigenvalue weighted by molar-refractivity contribution is 5.89. The summed E-state index contributed by atoms with van der Waals surface area (Å²) in [5.41, 5.74) is 1.31. The van der Waals surface area contributed by atoms with Crippen LogP contribution in [0.25, 0.3) is 10.9 Å². The molecule has 2 aromatic heterocycles. The van der Waals surface area contributed by atoms with Gasteiger partial charge in [0, 0.05) is 44.3 Å². The van der Waals surface area contributed by atoms with Crippen molar-refractivity contribution in [3.63, 3.8) is 0 Å². The molecule has 5 nitrogen and oxygen atoms in total. The van der Waals surface area contributed by atoms with Gasteiger partial charge in [0.1, 0.15) is 11.5 Å². The van der Waals surface area contributed by atoms with E-state index >= 15 is 0 Å². The highest BCUT2D eigenvalue weighted by Crippen LogP contribution is 2.34. The molecule has 0 spiro atoms. The fraction of sp³-hybridized carbons (Fsp3) is 0.444. The summed E-state index contributed by atoms with van der Waals surface area (Å²) in [5, 5.41) is 9.88. The lowest BCUT2D eigenvalue weighted by atomic mass is 9.95. The molecular weight excluding hydrogens is 487 g/mol. The number of piperidine rings is 1. The maximum absolute atomic E-state index is 13.1. The highest BCUT2D eigenvalue weighted by Gasteiger charge is 2.33. The van der Waals surface area contributed by atoms with Crippen molar-refractivity contribution in [2.75, 3.05) is 31.1 Å². The number of pyridine rings is 2. The van der Waals surface area contributed by atoms with Crippen LogP contribution in [-0.4, -0.2) is 41.0 Å². The van der Waals surface area contributed by atoms with Gasteiger partial charge >= 0.3 is 6.18 Å². The molecule has 2 fully saturated rings. The van der Waals surface area contributed by atoms with E-state index in [9.17, 15) is 18.4 Å². The molecule has 0 radical (unpaired) electrons. The van der Waals surface area contributed by atoms with Crippen molar-refractivity contribution in [2.45, 2.75) is 38.4 Å². The summed E-state index contributed by atoms with van der Waals surface area (Å²) in [5.74, 6) is 2.04. The molecular formula is C27H29ClF3N5. The lowest BCUT2D eigenvalue weighted by molar-refractivity contribution is -0.140. The number of nitrogens with zero attached hydrogens (tertiary/aromatic N) is 5. The summed E-state index contributed by atoms with van der Waals surface area (Å²) in [6, 6.07) is 14.2. The smallest absolute Gasteiger partial charge is 0.356 e. The normalized spacial score (nSPS) is 16.7. The number of anilines is 1. The lowest BCUT2D eigenvalue weighted by Gasteiger charge is -2.36. The fourth-order valence-corrected chi connectivity index (χ4v) is 5.01. The summed E-state index contributed by atoms with van der Waals surface area (Å²) in [4.78, 5) is 13.0. The lowest BCUT2D eigenvalue weighted by Crippen LogP contribution is -2.39. The number of benzene rings is 1. The molecule has 3 heterocycles. The van der Waals surface area contributed by atoms with Gasteiger partial charge in [-0.1, -0.05) is 12.1 Å². The van der Waals surface area contributed by atoms with Crippen LogP contribution in [0.1, 0.15) is 42.5 Å². The van der Waals surface area contributed by atoms with Crippen molar-refractivity contribution in [3.05, 3.63) is 65.5 Å². The number of hydrogen-bond donors (Lipinski definition) is 0. The third-order valence-electron chi connectivity index (χ3n) is 6.99. The summed E-state index contributed by atoms with van der Waals surface area (Å²) in [6.07, 6.45) is 1.69. The number of aromatic nitrogens is 2. The predicted molar refractivity (Wildman–Crippen MR) is 136 cm³/mol. The summed E-state index contributed by atoms with van der Waals surface area (Å²) in [6.45, 7) is 4.60. The average molecular weight is 516 g/mol. The van der Waals surface area contributed by atoms with Gasteiger partial charge in [-0.25, -0.2) is 9.97 Å². The van der Waals surface area contributed by atoms with Crippen LogP contribution in [-0.2, 0) is 12.7 Å². The van der Waals surface area contributed by atoms with E-state index in [0.717, 1.165) is 57.5 Å². The van der Waals surface area contributed by atoms with E-state index in [0.29, 0.717) is 28.2 Å². The highest BCUT2D eigenvalue weighted by atomic mass is 35.5. The van der Waals surface area contributed by atoms with Gasteiger partial charge in [0.25, 0.3) is 0 Å². The van der Waals surface area contributed by atoms with E-state index in [1.54, 1.807) is 6.20 Å². The zero-order chi connectivity index (χ0) is 24.4. The fourth-order valence-electron chi connectivity index (χ4n) is 5.01.